The summed E-state index contributed by atoms with van der Waals surface area (Å²) in [5.74, 6) is -0.397. The summed E-state index contributed by atoms with van der Waals surface area (Å²) in [6.07, 6.45) is 4.44. The van der Waals surface area contributed by atoms with Gasteiger partial charge in [0.25, 0.3) is 18.8 Å². The van der Waals surface area contributed by atoms with E-state index in [0.29, 0.717) is 0 Å². The van der Waals surface area contributed by atoms with Gasteiger partial charge in [-0.25, -0.2) is 0 Å². The van der Waals surface area contributed by atoms with Gasteiger partial charge in [-0.2, -0.15) is 11.4 Å². The summed E-state index contributed by atoms with van der Waals surface area (Å²) in [5.41, 5.74) is 0.0671. The summed E-state index contributed by atoms with van der Waals surface area (Å²) in [5, 5.41) is 29.5. The zero-order valence-electron chi connectivity index (χ0n) is 14.2. The Labute approximate surface area is 189 Å². The molecule has 0 amide bonds. The molecule has 0 saturated heterocycles. The van der Waals surface area contributed by atoms with E-state index in [2.05, 4.69) is 5.01 Å². The van der Waals surface area contributed by atoms with Crippen molar-refractivity contribution in [3.63, 3.8) is 0 Å². The summed E-state index contributed by atoms with van der Waals surface area (Å²) in [6.45, 7) is 6.86. The van der Waals surface area contributed by atoms with E-state index < -0.39 is 0 Å². The van der Waals surface area contributed by atoms with Crippen molar-refractivity contribution < 1.29 is 19.0 Å². The second kappa shape index (κ2) is 10.3. The molecule has 12 heteroatoms. The Hall–Kier alpha value is -3.50. The standard InChI is InChI=1S/C18H4Cl4N4O4/c1-26-30-16-3-10(14(28-7-24)5-12(16)20)17(18(21)22)9-2-15(29-8-25)11(19)4-13(9)27-6-23/h2-5H. The van der Waals surface area contributed by atoms with Crippen LogP contribution in [0, 0.1) is 41.1 Å². The number of benzene rings is 2. The number of rotatable bonds is 6. The molecule has 0 N–H and O–H groups in total. The van der Waals surface area contributed by atoms with Crippen LogP contribution < -0.4 is 19.0 Å². The first kappa shape index (κ1) is 22.8. The van der Waals surface area contributed by atoms with Gasteiger partial charge >= 0.3 is 0 Å². The fourth-order valence-electron chi connectivity index (χ4n) is 2.32. The molecule has 0 heterocycles. The summed E-state index contributed by atoms with van der Waals surface area (Å²) in [4.78, 5) is 4.78. The van der Waals surface area contributed by atoms with Crippen molar-refractivity contribution in [3.05, 3.63) is 61.5 Å². The molecule has 148 valence electrons. The molecule has 0 saturated carbocycles. The lowest BCUT2D eigenvalue weighted by molar-refractivity contribution is 0.467. The Morgan fingerprint density at radius 3 is 1.63 bits per heavy atom. The third-order valence-electron chi connectivity index (χ3n) is 3.41. The molecule has 0 radical (unpaired) electrons. The van der Waals surface area contributed by atoms with Crippen molar-refractivity contribution >= 4 is 52.0 Å². The predicted molar refractivity (Wildman–Crippen MR) is 107 cm³/mol. The van der Waals surface area contributed by atoms with E-state index in [1.165, 1.54) is 43.0 Å². The number of hydrogen-bond acceptors (Lipinski definition) is 7. The number of nitrogens with zero attached hydrogens (tertiary/aromatic N) is 4. The van der Waals surface area contributed by atoms with Gasteiger partial charge in [0, 0.05) is 34.9 Å². The second-order valence-electron chi connectivity index (χ2n) is 4.96. The van der Waals surface area contributed by atoms with Gasteiger partial charge in [-0.3, -0.25) is 0 Å². The molecule has 0 bridgehead atoms. The van der Waals surface area contributed by atoms with Gasteiger partial charge in [0.15, 0.2) is 17.2 Å². The van der Waals surface area contributed by atoms with Gasteiger partial charge in [0.05, 0.1) is 10.0 Å². The average molecular weight is 482 g/mol. The van der Waals surface area contributed by atoms with Crippen LogP contribution in [0.3, 0.4) is 0 Å². The Morgan fingerprint density at radius 2 is 1.20 bits per heavy atom. The molecule has 0 aliphatic heterocycles. The number of ether oxygens (including phenoxy) is 3. The molecule has 0 aromatic heterocycles. The Balaban J connectivity index is 2.90. The van der Waals surface area contributed by atoms with E-state index in [-0.39, 0.29) is 54.2 Å². The van der Waals surface area contributed by atoms with E-state index in [4.69, 9.17) is 87.8 Å². The number of halogens is 4. The van der Waals surface area contributed by atoms with Crippen LogP contribution in [0.15, 0.2) is 28.8 Å². The molecular weight excluding hydrogens is 478 g/mol. The second-order valence-corrected chi connectivity index (χ2v) is 6.72. The third kappa shape index (κ3) is 4.91. The monoisotopic (exact) mass is 480 g/mol. The quantitative estimate of drug-likeness (QED) is 0.283. The maximum absolute atomic E-state index is 8.97. The van der Waals surface area contributed by atoms with Gasteiger partial charge in [-0.05, 0) is 11.1 Å². The van der Waals surface area contributed by atoms with Gasteiger partial charge < -0.3 is 14.2 Å². The molecule has 2 aromatic rings. The Kier molecular flexibility index (Phi) is 7.84. The minimum Gasteiger partial charge on any atom is -0.387 e. The number of nitriles is 3. The molecule has 2 rings (SSSR count). The first-order chi connectivity index (χ1) is 14.4. The van der Waals surface area contributed by atoms with Crippen LogP contribution in [0.5, 0.6) is 23.0 Å². The molecule has 30 heavy (non-hydrogen) atoms. The van der Waals surface area contributed by atoms with E-state index in [1.807, 2.05) is 0 Å². The minimum atomic E-state index is -0.359. The van der Waals surface area contributed by atoms with Gasteiger partial charge in [-0.1, -0.05) is 46.4 Å². The molecule has 0 aliphatic carbocycles. The van der Waals surface area contributed by atoms with Crippen LogP contribution >= 0.6 is 46.4 Å². The van der Waals surface area contributed by atoms with Crippen molar-refractivity contribution in [2.45, 2.75) is 0 Å². The van der Waals surface area contributed by atoms with Gasteiger partial charge in [0.1, 0.15) is 4.49 Å². The Morgan fingerprint density at radius 1 is 0.767 bits per heavy atom. The summed E-state index contributed by atoms with van der Waals surface area (Å²) >= 11 is 24.2. The highest BCUT2D eigenvalue weighted by molar-refractivity contribution is 6.59. The van der Waals surface area contributed by atoms with Crippen molar-refractivity contribution in [1.29, 1.82) is 15.8 Å². The predicted octanol–water partition coefficient (Wildman–Crippen LogP) is 5.98. The fourth-order valence-corrected chi connectivity index (χ4v) is 3.11. The molecule has 0 fully saturated rings. The molecule has 0 spiro atoms. The maximum atomic E-state index is 8.97. The van der Waals surface area contributed by atoms with Crippen LogP contribution in [0.1, 0.15) is 11.1 Å². The van der Waals surface area contributed by atoms with E-state index in [0.717, 1.165) is 0 Å². The normalized spacial score (nSPS) is 9.20. The highest BCUT2D eigenvalue weighted by Crippen LogP contribution is 2.46. The van der Waals surface area contributed by atoms with E-state index >= 15 is 0 Å². The lowest BCUT2D eigenvalue weighted by atomic mass is 9.97. The van der Waals surface area contributed by atoms with Crippen molar-refractivity contribution in [2.75, 3.05) is 0 Å². The van der Waals surface area contributed by atoms with Crippen LogP contribution in [0.25, 0.3) is 10.6 Å². The van der Waals surface area contributed by atoms with Crippen molar-refractivity contribution in [3.8, 4) is 41.8 Å². The van der Waals surface area contributed by atoms with Gasteiger partial charge in [0.2, 0.25) is 5.75 Å². The smallest absolute Gasteiger partial charge is 0.292 e. The largest absolute Gasteiger partial charge is 0.387 e. The minimum absolute atomic E-state index is 0.0280. The SMILES string of the molecule is [C-]#[N+]Oc1cc(C(=C(Cl)Cl)c2cc(OC#N)c(Cl)cc2OC#N)c(OC#N)cc1Cl. The molecule has 0 atom stereocenters. The summed E-state index contributed by atoms with van der Waals surface area (Å²) in [7, 11) is 0. The van der Waals surface area contributed by atoms with Crippen LogP contribution in [-0.4, -0.2) is 0 Å². The van der Waals surface area contributed by atoms with Crippen LogP contribution in [0.4, 0.5) is 0 Å². The third-order valence-corrected chi connectivity index (χ3v) is 4.38. The lowest BCUT2D eigenvalue weighted by Gasteiger charge is -2.16. The first-order valence-electron chi connectivity index (χ1n) is 7.32. The topological polar surface area (TPSA) is 113 Å². The summed E-state index contributed by atoms with van der Waals surface area (Å²) in [6, 6.07) is 4.87. The van der Waals surface area contributed by atoms with Crippen LogP contribution in [-0.2, 0) is 0 Å². The molecule has 0 aliphatic rings. The lowest BCUT2D eigenvalue weighted by Crippen LogP contribution is -1.99. The first-order valence-corrected chi connectivity index (χ1v) is 8.83. The molecular formula is C18H4Cl4N4O4. The Bertz CT molecular complexity index is 1110. The highest BCUT2D eigenvalue weighted by atomic mass is 35.5. The van der Waals surface area contributed by atoms with Crippen LogP contribution in [0.2, 0.25) is 10.0 Å². The average Bonchev–Trinajstić information content (AvgIpc) is 2.68. The van der Waals surface area contributed by atoms with Crippen molar-refractivity contribution in [1.82, 2.24) is 0 Å². The highest BCUT2D eigenvalue weighted by Gasteiger charge is 2.24. The summed E-state index contributed by atoms with van der Waals surface area (Å²) < 4.78 is 14.3. The van der Waals surface area contributed by atoms with E-state index in [9.17, 15) is 0 Å². The van der Waals surface area contributed by atoms with Crippen molar-refractivity contribution in [2.24, 2.45) is 0 Å². The number of hydrogen-bond donors (Lipinski definition) is 0. The molecule has 2 aromatic carbocycles. The zero-order chi connectivity index (χ0) is 22.3. The zero-order valence-corrected chi connectivity index (χ0v) is 17.3. The van der Waals surface area contributed by atoms with E-state index in [1.54, 1.807) is 0 Å². The molecule has 8 nitrogen and oxygen atoms in total. The fraction of sp³-hybridized carbons (Fsp3) is 0. The van der Waals surface area contributed by atoms with Gasteiger partial charge in [-0.15, -0.1) is 15.8 Å². The molecule has 0 unspecified atom stereocenters. The maximum Gasteiger partial charge on any atom is 0.292 e.